The first-order valence-electron chi connectivity index (χ1n) is 7.71. The van der Waals surface area contributed by atoms with Crippen LogP contribution in [0.2, 0.25) is 0 Å². The van der Waals surface area contributed by atoms with Crippen LogP contribution in [0.15, 0.2) is 60.8 Å². The zero-order valence-corrected chi connectivity index (χ0v) is 19.3. The van der Waals surface area contributed by atoms with Gasteiger partial charge in [-0.3, -0.25) is 14.3 Å². The number of imidazole rings is 1. The fraction of sp³-hybridized carbons (Fsp3) is 0.0556. The van der Waals surface area contributed by atoms with E-state index in [9.17, 15) is 4.79 Å². The Bertz CT molecular complexity index is 1100. The molecule has 0 saturated carbocycles. The van der Waals surface area contributed by atoms with Crippen molar-refractivity contribution < 1.29 is 21.4 Å². The fourth-order valence-electron chi connectivity index (χ4n) is 2.80. The van der Waals surface area contributed by atoms with Crippen molar-refractivity contribution in [1.82, 2.24) is 14.5 Å². The minimum absolute atomic E-state index is 0.114. The second-order valence-corrected chi connectivity index (χ2v) is 25.1. The minimum atomic E-state index is -3.06. The van der Waals surface area contributed by atoms with Gasteiger partial charge < -0.3 is 4.74 Å². The number of hydrogen-bond acceptors (Lipinski definition) is 4. The quantitative estimate of drug-likeness (QED) is 0.252. The van der Waals surface area contributed by atoms with Crippen molar-refractivity contribution in [2.75, 3.05) is 0 Å². The van der Waals surface area contributed by atoms with Gasteiger partial charge in [-0.2, -0.15) is 0 Å². The average molecular weight is 640 g/mol. The number of carbonyl (C=O) groups is 1. The van der Waals surface area contributed by atoms with Crippen LogP contribution in [0, 0.1) is 0 Å². The van der Waals surface area contributed by atoms with Crippen molar-refractivity contribution in [3.63, 3.8) is 0 Å². The number of benzene rings is 2. The number of para-hydroxylation sites is 3. The van der Waals surface area contributed by atoms with Gasteiger partial charge in [-0.05, 0) is 24.3 Å². The molecule has 0 unspecified atom stereocenters. The Hall–Kier alpha value is -1.36. The van der Waals surface area contributed by atoms with Crippen LogP contribution in [-0.4, -0.2) is 21.0 Å². The summed E-state index contributed by atoms with van der Waals surface area (Å²) in [7, 11) is 20.0. The Morgan fingerprint density at radius 3 is 2.46 bits per heavy atom. The van der Waals surface area contributed by atoms with E-state index < -0.39 is 11.9 Å². The SMILES string of the molecule is O=COCn1c(-c2cccc3cccnc23)nc2ccccc21.[Cl][Pt]([Cl])([Cl])[Cl]. The number of aromatic nitrogens is 3. The average Bonchev–Trinajstić information content (AvgIpc) is 3.03. The van der Waals surface area contributed by atoms with Crippen LogP contribution >= 0.6 is 37.7 Å². The molecule has 4 rings (SSSR count). The van der Waals surface area contributed by atoms with E-state index >= 15 is 0 Å². The molecule has 0 N–H and O–H groups in total. The van der Waals surface area contributed by atoms with Crippen LogP contribution in [0.5, 0.6) is 0 Å². The summed E-state index contributed by atoms with van der Waals surface area (Å²) in [5.74, 6) is 0.734. The third kappa shape index (κ3) is 5.37. The van der Waals surface area contributed by atoms with Crippen molar-refractivity contribution in [3.8, 4) is 11.4 Å². The van der Waals surface area contributed by atoms with Gasteiger partial charge in [0.1, 0.15) is 5.82 Å². The Morgan fingerprint density at radius 1 is 1.00 bits per heavy atom. The summed E-state index contributed by atoms with van der Waals surface area (Å²) in [6.07, 6.45) is 1.76. The van der Waals surface area contributed by atoms with Gasteiger partial charge >= 0.3 is 49.6 Å². The van der Waals surface area contributed by atoms with Gasteiger partial charge in [0.15, 0.2) is 6.73 Å². The van der Waals surface area contributed by atoms with E-state index in [1.54, 1.807) is 6.20 Å². The summed E-state index contributed by atoms with van der Waals surface area (Å²) in [6.45, 7) is 0.558. The first kappa shape index (κ1) is 21.3. The standard InChI is InChI=1S/C18H13N3O2.4ClH.Pt/c22-12-23-11-21-16-9-2-1-8-15(16)20-18(21)14-7-3-5-13-6-4-10-19-17(13)14;;;;;/h1-10,12H,11H2;4*1H;/q;;;;;+4/p-4. The normalized spacial score (nSPS) is 11.7. The third-order valence-electron chi connectivity index (χ3n) is 3.80. The Balaban J connectivity index is 0.000000403. The molecule has 0 aliphatic heterocycles. The van der Waals surface area contributed by atoms with Gasteiger partial charge in [-0.25, -0.2) is 4.98 Å². The van der Waals surface area contributed by atoms with Crippen LogP contribution in [0.3, 0.4) is 0 Å². The predicted molar refractivity (Wildman–Crippen MR) is 111 cm³/mol. The van der Waals surface area contributed by atoms with Crippen LogP contribution in [-0.2, 0) is 28.2 Å². The van der Waals surface area contributed by atoms with Gasteiger partial charge in [0.2, 0.25) is 0 Å². The summed E-state index contributed by atoms with van der Waals surface area (Å²) in [5.41, 5.74) is 3.55. The molecule has 4 aromatic rings. The second kappa shape index (κ2) is 9.42. The Morgan fingerprint density at radius 2 is 1.71 bits per heavy atom. The molecule has 0 aliphatic rings. The Labute approximate surface area is 180 Å². The number of carbonyl (C=O) groups excluding carboxylic acids is 1. The molecule has 0 saturated heterocycles. The molecule has 0 radical (unpaired) electrons. The predicted octanol–water partition coefficient (Wildman–Crippen LogP) is 6.14. The third-order valence-corrected chi connectivity index (χ3v) is 3.80. The van der Waals surface area contributed by atoms with Crippen molar-refractivity contribution in [2.45, 2.75) is 6.73 Å². The molecule has 0 bridgehead atoms. The maximum absolute atomic E-state index is 10.6. The zero-order chi connectivity index (χ0) is 20.1. The monoisotopic (exact) mass is 638 g/mol. The van der Waals surface area contributed by atoms with E-state index in [1.165, 1.54) is 0 Å². The molecule has 5 nitrogen and oxygen atoms in total. The summed E-state index contributed by atoms with van der Waals surface area (Å²) >= 11 is -3.06. The van der Waals surface area contributed by atoms with Gasteiger partial charge in [0.05, 0.1) is 16.6 Å². The van der Waals surface area contributed by atoms with E-state index in [-0.39, 0.29) is 6.73 Å². The molecule has 10 heteroatoms. The summed E-state index contributed by atoms with van der Waals surface area (Å²) < 4.78 is 6.86. The molecule has 150 valence electrons. The number of halogens is 4. The maximum atomic E-state index is 10.6. The fourth-order valence-corrected chi connectivity index (χ4v) is 2.80. The van der Waals surface area contributed by atoms with E-state index in [4.69, 9.17) is 47.4 Å². The van der Waals surface area contributed by atoms with E-state index in [0.717, 1.165) is 33.3 Å². The topological polar surface area (TPSA) is 57.0 Å². The molecular formula is C18H13Cl4N3O2Pt. The second-order valence-electron chi connectivity index (χ2n) is 5.40. The summed E-state index contributed by atoms with van der Waals surface area (Å²) in [5, 5.41) is 1.04. The number of pyridine rings is 1. The zero-order valence-electron chi connectivity index (χ0n) is 14.0. The molecule has 0 amide bonds. The number of fused-ring (bicyclic) bond motifs is 2. The summed E-state index contributed by atoms with van der Waals surface area (Å²) in [6, 6.07) is 17.7. The molecule has 28 heavy (non-hydrogen) atoms. The molecule has 2 aromatic carbocycles. The van der Waals surface area contributed by atoms with Gasteiger partial charge in [-0.1, -0.05) is 30.3 Å². The number of ether oxygens (including phenoxy) is 1. The van der Waals surface area contributed by atoms with Crippen molar-refractivity contribution >= 4 is 66.1 Å². The van der Waals surface area contributed by atoms with E-state index in [0.29, 0.717) is 6.47 Å². The molecule has 0 spiro atoms. The van der Waals surface area contributed by atoms with Crippen molar-refractivity contribution in [3.05, 3.63) is 60.8 Å². The number of rotatable bonds is 4. The number of hydrogen-bond donors (Lipinski definition) is 0. The first-order valence-corrected chi connectivity index (χ1v) is 19.0. The van der Waals surface area contributed by atoms with Crippen LogP contribution in [0.1, 0.15) is 0 Å². The van der Waals surface area contributed by atoms with Crippen molar-refractivity contribution in [1.29, 1.82) is 0 Å². The first-order chi connectivity index (χ1) is 13.4. The molecule has 0 atom stereocenters. The molecule has 2 heterocycles. The molecule has 0 aliphatic carbocycles. The van der Waals surface area contributed by atoms with E-state index in [1.807, 2.05) is 59.2 Å². The van der Waals surface area contributed by atoms with Gasteiger partial charge in [0.25, 0.3) is 6.47 Å². The van der Waals surface area contributed by atoms with Crippen LogP contribution in [0.25, 0.3) is 33.3 Å². The van der Waals surface area contributed by atoms with E-state index in [2.05, 4.69) is 4.98 Å². The summed E-state index contributed by atoms with van der Waals surface area (Å²) in [4.78, 5) is 19.8. The van der Waals surface area contributed by atoms with Crippen LogP contribution < -0.4 is 0 Å². The number of nitrogens with zero attached hydrogens (tertiary/aromatic N) is 3. The van der Waals surface area contributed by atoms with Gasteiger partial charge in [0, 0.05) is 17.1 Å². The molecule has 0 fully saturated rings. The van der Waals surface area contributed by atoms with Gasteiger partial charge in [-0.15, -0.1) is 0 Å². The van der Waals surface area contributed by atoms with Crippen molar-refractivity contribution in [2.24, 2.45) is 0 Å². The molecule has 2 aromatic heterocycles. The Kier molecular flexibility index (Phi) is 7.19. The molecular weight excluding hydrogens is 627 g/mol. The van der Waals surface area contributed by atoms with Crippen LogP contribution in [0.4, 0.5) is 0 Å².